The number of pyridine rings is 1. The molecule has 22 heavy (non-hydrogen) atoms. The number of aromatic nitrogens is 6. The fourth-order valence-corrected chi connectivity index (χ4v) is 1.46. The number of halogens is 3. The van der Waals surface area contributed by atoms with E-state index in [0.717, 1.165) is 5.52 Å². The highest BCUT2D eigenvalue weighted by molar-refractivity contribution is 5.89. The first-order valence-corrected chi connectivity index (χ1v) is 5.55. The molecule has 116 valence electrons. The van der Waals surface area contributed by atoms with Crippen LogP contribution in [0.3, 0.4) is 0 Å². The predicted molar refractivity (Wildman–Crippen MR) is 67.4 cm³/mol. The SMILES string of the molecule is Nc1nc2c(-c3cn[nH]n3)nccc2[nH]1.O=C(O)C(F)(F)F. The topological polar surface area (TPSA) is 146 Å². The molecular weight excluding hydrogens is 307 g/mol. The third kappa shape index (κ3) is 3.28. The zero-order valence-corrected chi connectivity index (χ0v) is 10.6. The Hall–Kier alpha value is -3.18. The lowest BCUT2D eigenvalue weighted by molar-refractivity contribution is -0.192. The molecule has 12 heteroatoms. The van der Waals surface area contributed by atoms with Crippen molar-refractivity contribution in [2.45, 2.75) is 6.18 Å². The van der Waals surface area contributed by atoms with Crippen molar-refractivity contribution < 1.29 is 23.1 Å². The van der Waals surface area contributed by atoms with Crippen molar-refractivity contribution in [3.8, 4) is 11.4 Å². The molecule has 0 bridgehead atoms. The summed E-state index contributed by atoms with van der Waals surface area (Å²) in [4.78, 5) is 20.2. The monoisotopic (exact) mass is 315 g/mol. The molecule has 0 radical (unpaired) electrons. The second-order valence-corrected chi connectivity index (χ2v) is 3.84. The number of aliphatic carboxylic acids is 1. The summed E-state index contributed by atoms with van der Waals surface area (Å²) in [6.45, 7) is 0. The van der Waals surface area contributed by atoms with E-state index < -0.39 is 12.1 Å². The lowest BCUT2D eigenvalue weighted by Gasteiger charge is -1.94. The highest BCUT2D eigenvalue weighted by Gasteiger charge is 2.38. The van der Waals surface area contributed by atoms with Gasteiger partial charge in [0, 0.05) is 6.20 Å². The summed E-state index contributed by atoms with van der Waals surface area (Å²) < 4.78 is 31.7. The Morgan fingerprint density at radius 3 is 2.59 bits per heavy atom. The molecule has 0 saturated heterocycles. The number of nitrogen functional groups attached to an aromatic ring is 1. The van der Waals surface area contributed by atoms with Gasteiger partial charge in [-0.2, -0.15) is 28.6 Å². The summed E-state index contributed by atoms with van der Waals surface area (Å²) in [6, 6.07) is 1.81. The zero-order chi connectivity index (χ0) is 16.3. The van der Waals surface area contributed by atoms with Crippen molar-refractivity contribution in [3.05, 3.63) is 18.5 Å². The van der Waals surface area contributed by atoms with Gasteiger partial charge in [-0.05, 0) is 6.07 Å². The van der Waals surface area contributed by atoms with Gasteiger partial charge in [-0.3, -0.25) is 4.98 Å². The number of carboxylic acids is 1. The maximum atomic E-state index is 10.6. The molecule has 9 nitrogen and oxygen atoms in total. The van der Waals surface area contributed by atoms with E-state index in [0.29, 0.717) is 22.9 Å². The van der Waals surface area contributed by atoms with E-state index in [-0.39, 0.29) is 0 Å². The number of hydrogen-bond donors (Lipinski definition) is 4. The molecule has 0 aliphatic rings. The number of nitrogens with zero attached hydrogens (tertiary/aromatic N) is 4. The highest BCUT2D eigenvalue weighted by Crippen LogP contribution is 2.22. The number of hydrogen-bond acceptors (Lipinski definition) is 6. The largest absolute Gasteiger partial charge is 0.490 e. The molecule has 3 heterocycles. The number of carboxylic acid groups (broad SMARTS) is 1. The second-order valence-electron chi connectivity index (χ2n) is 3.84. The molecule has 3 aromatic rings. The van der Waals surface area contributed by atoms with Crippen molar-refractivity contribution in [3.63, 3.8) is 0 Å². The molecule has 0 spiro atoms. The quantitative estimate of drug-likeness (QED) is 0.523. The van der Waals surface area contributed by atoms with E-state index >= 15 is 0 Å². The van der Waals surface area contributed by atoms with Crippen molar-refractivity contribution in [2.75, 3.05) is 5.73 Å². The van der Waals surface area contributed by atoms with Crippen LogP contribution in [0.2, 0.25) is 0 Å². The summed E-state index contributed by atoms with van der Waals surface area (Å²) in [5.41, 5.74) is 8.41. The Bertz CT molecular complexity index is 782. The van der Waals surface area contributed by atoms with Gasteiger partial charge in [-0.25, -0.2) is 9.78 Å². The number of aromatic amines is 2. The van der Waals surface area contributed by atoms with E-state index in [1.807, 2.05) is 6.07 Å². The van der Waals surface area contributed by atoms with Crippen LogP contribution in [-0.4, -0.2) is 47.6 Å². The Morgan fingerprint density at radius 2 is 2.05 bits per heavy atom. The molecule has 0 unspecified atom stereocenters. The smallest absolute Gasteiger partial charge is 0.475 e. The van der Waals surface area contributed by atoms with Crippen LogP contribution in [0.4, 0.5) is 19.1 Å². The van der Waals surface area contributed by atoms with Crippen molar-refractivity contribution in [2.24, 2.45) is 0 Å². The minimum absolute atomic E-state index is 0.364. The van der Waals surface area contributed by atoms with Crippen LogP contribution < -0.4 is 5.73 Å². The second kappa shape index (κ2) is 5.67. The van der Waals surface area contributed by atoms with Gasteiger partial charge in [-0.1, -0.05) is 0 Å². The Kier molecular flexibility index (Phi) is 3.92. The number of nitrogens with one attached hydrogen (secondary N) is 2. The Morgan fingerprint density at radius 1 is 1.36 bits per heavy atom. The van der Waals surface area contributed by atoms with Gasteiger partial charge in [-0.15, -0.1) is 0 Å². The Balaban J connectivity index is 0.000000217. The minimum atomic E-state index is -5.08. The number of imidazole rings is 1. The summed E-state index contributed by atoms with van der Waals surface area (Å²) >= 11 is 0. The zero-order valence-electron chi connectivity index (χ0n) is 10.6. The maximum Gasteiger partial charge on any atom is 0.490 e. The molecule has 0 fully saturated rings. The first-order valence-electron chi connectivity index (χ1n) is 5.55. The van der Waals surface area contributed by atoms with Crippen LogP contribution in [0.5, 0.6) is 0 Å². The van der Waals surface area contributed by atoms with Gasteiger partial charge >= 0.3 is 12.1 Å². The van der Waals surface area contributed by atoms with Gasteiger partial charge in [0.05, 0.1) is 11.7 Å². The molecule has 5 N–H and O–H groups in total. The fraction of sp³-hybridized carbons (Fsp3) is 0.100. The third-order valence-electron chi connectivity index (χ3n) is 2.32. The standard InChI is InChI=1S/C8H7N7.C2HF3O2/c9-8-12-4-1-2-10-6(7(4)13-8)5-3-11-15-14-5;3-2(4,5)1(6)7/h1-3H,(H3,9,12,13)(H,11,14,15);(H,6,7). The van der Waals surface area contributed by atoms with Crippen LogP contribution in [-0.2, 0) is 4.79 Å². The van der Waals surface area contributed by atoms with Gasteiger partial charge in [0.15, 0.2) is 5.95 Å². The number of anilines is 1. The normalized spacial score (nSPS) is 11.0. The molecule has 0 amide bonds. The number of alkyl halides is 3. The number of rotatable bonds is 1. The number of fused-ring (bicyclic) bond motifs is 1. The van der Waals surface area contributed by atoms with E-state index in [9.17, 15) is 13.2 Å². The van der Waals surface area contributed by atoms with E-state index in [4.69, 9.17) is 15.6 Å². The van der Waals surface area contributed by atoms with Gasteiger partial charge in [0.2, 0.25) is 0 Å². The Labute approximate surface area is 119 Å². The lowest BCUT2D eigenvalue weighted by Crippen LogP contribution is -2.21. The third-order valence-corrected chi connectivity index (χ3v) is 2.32. The van der Waals surface area contributed by atoms with Crippen molar-refractivity contribution in [1.82, 2.24) is 30.4 Å². The number of H-pyrrole nitrogens is 2. The molecule has 3 aromatic heterocycles. The number of carbonyl (C=O) groups is 1. The lowest BCUT2D eigenvalue weighted by atomic mass is 10.2. The predicted octanol–water partition coefficient (Wildman–Crippen LogP) is 0.958. The summed E-state index contributed by atoms with van der Waals surface area (Å²) in [7, 11) is 0. The van der Waals surface area contributed by atoms with Crippen LogP contribution in [0.1, 0.15) is 0 Å². The first-order chi connectivity index (χ1) is 10.3. The average Bonchev–Trinajstić information content (AvgIpc) is 3.04. The average molecular weight is 315 g/mol. The molecule has 0 aliphatic heterocycles. The maximum absolute atomic E-state index is 10.6. The number of nitrogens with two attached hydrogens (primary N) is 1. The first kappa shape index (κ1) is 15.2. The van der Waals surface area contributed by atoms with Crippen LogP contribution in [0.15, 0.2) is 18.5 Å². The molecule has 0 aliphatic carbocycles. The molecule has 0 saturated carbocycles. The minimum Gasteiger partial charge on any atom is -0.475 e. The molecule has 0 aromatic carbocycles. The van der Waals surface area contributed by atoms with E-state index in [1.165, 1.54) is 0 Å². The molecule has 3 rings (SSSR count). The summed E-state index contributed by atoms with van der Waals surface area (Å²) in [5, 5.41) is 17.3. The molecular formula is C10H8F3N7O2. The van der Waals surface area contributed by atoms with Crippen LogP contribution in [0, 0.1) is 0 Å². The highest BCUT2D eigenvalue weighted by atomic mass is 19.4. The van der Waals surface area contributed by atoms with Gasteiger partial charge < -0.3 is 15.8 Å². The van der Waals surface area contributed by atoms with Crippen LogP contribution >= 0.6 is 0 Å². The summed E-state index contributed by atoms with van der Waals surface area (Å²) in [5.74, 6) is -2.39. The van der Waals surface area contributed by atoms with E-state index in [2.05, 4.69) is 30.4 Å². The van der Waals surface area contributed by atoms with Gasteiger partial charge in [0.1, 0.15) is 16.9 Å². The molecule has 0 atom stereocenters. The fourth-order valence-electron chi connectivity index (χ4n) is 1.46. The van der Waals surface area contributed by atoms with Crippen molar-refractivity contribution >= 4 is 23.0 Å². The van der Waals surface area contributed by atoms with E-state index in [1.54, 1.807) is 12.4 Å². The summed E-state index contributed by atoms with van der Waals surface area (Å²) in [6.07, 6.45) is -1.82. The van der Waals surface area contributed by atoms with Gasteiger partial charge in [0.25, 0.3) is 0 Å². The van der Waals surface area contributed by atoms with Crippen LogP contribution in [0.25, 0.3) is 22.4 Å². The van der Waals surface area contributed by atoms with Crippen molar-refractivity contribution in [1.29, 1.82) is 0 Å².